The Morgan fingerprint density at radius 3 is 2.90 bits per heavy atom. The molecule has 4 heterocycles. The highest BCUT2D eigenvalue weighted by Gasteiger charge is 2.30. The summed E-state index contributed by atoms with van der Waals surface area (Å²) in [6, 6.07) is 4.08. The summed E-state index contributed by atoms with van der Waals surface area (Å²) in [6.07, 6.45) is 4.44. The second-order valence-electron chi connectivity index (χ2n) is 7.71. The van der Waals surface area contributed by atoms with Crippen molar-refractivity contribution in [3.8, 4) is 10.4 Å². The fourth-order valence-corrected chi connectivity index (χ4v) is 5.79. The third kappa shape index (κ3) is 4.43. The van der Waals surface area contributed by atoms with E-state index in [9.17, 15) is 14.4 Å². The van der Waals surface area contributed by atoms with Gasteiger partial charge >= 0.3 is 5.97 Å². The van der Waals surface area contributed by atoms with E-state index in [1.165, 1.54) is 22.2 Å². The van der Waals surface area contributed by atoms with E-state index < -0.39 is 12.1 Å². The molecule has 0 bridgehead atoms. The van der Waals surface area contributed by atoms with Crippen molar-refractivity contribution < 1.29 is 14.3 Å². The third-order valence-corrected chi connectivity index (χ3v) is 7.47. The molecular weight excluding hydrogens is 434 g/mol. The molecule has 2 atom stereocenters. The maximum absolute atomic E-state index is 13.0. The number of ether oxygens (including phenoxy) is 1. The van der Waals surface area contributed by atoms with E-state index in [4.69, 9.17) is 4.74 Å². The lowest BCUT2D eigenvalue weighted by Crippen LogP contribution is -2.48. The fourth-order valence-electron chi connectivity index (χ4n) is 4.07. The highest BCUT2D eigenvalue weighted by Crippen LogP contribution is 2.33. The Balaban J connectivity index is 1.48. The van der Waals surface area contributed by atoms with E-state index in [0.717, 1.165) is 36.1 Å². The first-order chi connectivity index (χ1) is 15.0. The summed E-state index contributed by atoms with van der Waals surface area (Å²) in [4.78, 5) is 46.2. The Labute approximate surface area is 188 Å². The van der Waals surface area contributed by atoms with Crippen LogP contribution in [0.15, 0.2) is 34.0 Å². The molecule has 4 rings (SSSR count). The number of likely N-dealkylation sites (tertiary alicyclic amines) is 1. The summed E-state index contributed by atoms with van der Waals surface area (Å²) in [5.41, 5.74) is 0.544. The molecule has 9 heteroatoms. The Morgan fingerprint density at radius 1 is 1.32 bits per heavy atom. The van der Waals surface area contributed by atoms with Crippen molar-refractivity contribution in [3.05, 3.63) is 39.6 Å². The summed E-state index contributed by atoms with van der Waals surface area (Å²) >= 11 is 2.95. The highest BCUT2D eigenvalue weighted by molar-refractivity contribution is 7.18. The van der Waals surface area contributed by atoms with Crippen LogP contribution in [0.2, 0.25) is 0 Å². The summed E-state index contributed by atoms with van der Waals surface area (Å²) in [5, 5.41) is 4.37. The van der Waals surface area contributed by atoms with Crippen LogP contribution in [0.25, 0.3) is 20.7 Å². The molecule has 3 aromatic rings. The van der Waals surface area contributed by atoms with Crippen LogP contribution in [-0.2, 0) is 20.9 Å². The first-order valence-electron chi connectivity index (χ1n) is 10.5. The van der Waals surface area contributed by atoms with Crippen LogP contribution in [0.5, 0.6) is 0 Å². The summed E-state index contributed by atoms with van der Waals surface area (Å²) in [6.45, 7) is 4.08. The molecular formula is C22H25N3O4S2. The quantitative estimate of drug-likeness (QED) is 0.522. The van der Waals surface area contributed by atoms with Gasteiger partial charge in [-0.25, -0.2) is 4.98 Å². The van der Waals surface area contributed by atoms with E-state index in [2.05, 4.69) is 11.9 Å². The van der Waals surface area contributed by atoms with Gasteiger partial charge in [-0.3, -0.25) is 19.0 Å². The smallest absolute Gasteiger partial charge is 0.326 e. The normalized spacial score (nSPS) is 17.6. The van der Waals surface area contributed by atoms with Gasteiger partial charge in [0, 0.05) is 28.4 Å². The summed E-state index contributed by atoms with van der Waals surface area (Å²) < 4.78 is 6.65. The molecule has 0 aliphatic carbocycles. The lowest BCUT2D eigenvalue weighted by molar-refractivity contribution is -0.161. The minimum absolute atomic E-state index is 0.168. The van der Waals surface area contributed by atoms with E-state index in [-0.39, 0.29) is 24.1 Å². The predicted molar refractivity (Wildman–Crippen MR) is 122 cm³/mol. The van der Waals surface area contributed by atoms with Gasteiger partial charge in [0.05, 0.1) is 11.7 Å². The minimum Gasteiger partial charge on any atom is -0.451 e. The summed E-state index contributed by atoms with van der Waals surface area (Å²) in [5.74, 6) is -0.791. The Morgan fingerprint density at radius 2 is 2.16 bits per heavy atom. The number of fused-ring (bicyclic) bond motifs is 1. The zero-order valence-electron chi connectivity index (χ0n) is 17.6. The largest absolute Gasteiger partial charge is 0.451 e. The van der Waals surface area contributed by atoms with Gasteiger partial charge in [0.25, 0.3) is 11.5 Å². The number of piperidine rings is 1. The van der Waals surface area contributed by atoms with Crippen LogP contribution in [0.4, 0.5) is 0 Å². The molecule has 3 aromatic heterocycles. The van der Waals surface area contributed by atoms with Crippen molar-refractivity contribution in [1.82, 2.24) is 14.5 Å². The number of amides is 1. The van der Waals surface area contributed by atoms with Crippen LogP contribution in [0, 0.1) is 0 Å². The standard InChI is InChI=1S/C22H25N3O4S2/c1-3-15-7-4-5-9-25(15)21(27)14(2)29-18(26)11-24-13-23-20-19(22(24)28)16(12-31-20)17-8-6-10-30-17/h6,8,10,12-15H,3-5,7,9,11H2,1-2H3. The number of rotatable bonds is 6. The van der Waals surface area contributed by atoms with Gasteiger partial charge in [-0.15, -0.1) is 22.7 Å². The number of aromatic nitrogens is 2. The first-order valence-corrected chi connectivity index (χ1v) is 12.3. The lowest BCUT2D eigenvalue weighted by Gasteiger charge is -2.36. The van der Waals surface area contributed by atoms with Crippen molar-refractivity contribution in [2.24, 2.45) is 0 Å². The van der Waals surface area contributed by atoms with Crippen LogP contribution >= 0.6 is 22.7 Å². The van der Waals surface area contributed by atoms with Gasteiger partial charge in [0.2, 0.25) is 0 Å². The van der Waals surface area contributed by atoms with Crippen molar-refractivity contribution in [2.75, 3.05) is 6.54 Å². The molecule has 0 N–H and O–H groups in total. The molecule has 2 unspecified atom stereocenters. The lowest BCUT2D eigenvalue weighted by atomic mass is 9.99. The van der Waals surface area contributed by atoms with E-state index in [0.29, 0.717) is 16.8 Å². The molecule has 7 nitrogen and oxygen atoms in total. The Hall–Kier alpha value is -2.52. The average molecular weight is 460 g/mol. The molecule has 1 saturated heterocycles. The van der Waals surface area contributed by atoms with Gasteiger partial charge in [-0.2, -0.15) is 0 Å². The predicted octanol–water partition coefficient (Wildman–Crippen LogP) is 3.91. The third-order valence-electron chi connectivity index (χ3n) is 5.68. The fraction of sp³-hybridized carbons (Fsp3) is 0.455. The number of hydrogen-bond donors (Lipinski definition) is 0. The van der Waals surface area contributed by atoms with Crippen molar-refractivity contribution >= 4 is 44.8 Å². The van der Waals surface area contributed by atoms with Crippen LogP contribution < -0.4 is 5.56 Å². The molecule has 164 valence electrons. The van der Waals surface area contributed by atoms with Crippen LogP contribution in [0.1, 0.15) is 39.5 Å². The minimum atomic E-state index is -0.880. The molecule has 1 aliphatic rings. The van der Waals surface area contributed by atoms with Gasteiger partial charge in [0.1, 0.15) is 11.4 Å². The van der Waals surface area contributed by atoms with E-state index >= 15 is 0 Å². The monoisotopic (exact) mass is 459 g/mol. The number of carbonyl (C=O) groups excluding carboxylic acids is 2. The number of carbonyl (C=O) groups is 2. The van der Waals surface area contributed by atoms with Crippen molar-refractivity contribution in [3.63, 3.8) is 0 Å². The molecule has 0 radical (unpaired) electrons. The number of esters is 1. The van der Waals surface area contributed by atoms with Crippen molar-refractivity contribution in [2.45, 2.75) is 58.2 Å². The molecule has 1 fully saturated rings. The molecule has 1 aliphatic heterocycles. The topological polar surface area (TPSA) is 81.5 Å². The van der Waals surface area contributed by atoms with E-state index in [1.54, 1.807) is 18.3 Å². The van der Waals surface area contributed by atoms with Crippen LogP contribution in [-0.4, -0.2) is 45.0 Å². The van der Waals surface area contributed by atoms with E-state index in [1.807, 2.05) is 27.8 Å². The maximum atomic E-state index is 13.0. The molecule has 1 amide bonds. The number of thiophene rings is 2. The number of nitrogens with zero attached hydrogens (tertiary/aromatic N) is 3. The van der Waals surface area contributed by atoms with Crippen molar-refractivity contribution in [1.29, 1.82) is 0 Å². The number of hydrogen-bond acceptors (Lipinski definition) is 7. The zero-order chi connectivity index (χ0) is 22.0. The maximum Gasteiger partial charge on any atom is 0.326 e. The van der Waals surface area contributed by atoms with Gasteiger partial charge < -0.3 is 9.64 Å². The second kappa shape index (κ2) is 9.32. The average Bonchev–Trinajstić information content (AvgIpc) is 3.45. The second-order valence-corrected chi connectivity index (χ2v) is 9.51. The molecule has 0 spiro atoms. The highest BCUT2D eigenvalue weighted by atomic mass is 32.1. The zero-order valence-corrected chi connectivity index (χ0v) is 19.2. The van der Waals surface area contributed by atoms with Gasteiger partial charge in [-0.05, 0) is 44.1 Å². The summed E-state index contributed by atoms with van der Waals surface area (Å²) in [7, 11) is 0. The first kappa shape index (κ1) is 21.7. The van der Waals surface area contributed by atoms with Gasteiger partial charge in [-0.1, -0.05) is 13.0 Å². The molecule has 0 aromatic carbocycles. The Bertz CT molecular complexity index is 1140. The van der Waals surface area contributed by atoms with Gasteiger partial charge in [0.15, 0.2) is 6.10 Å². The molecule has 31 heavy (non-hydrogen) atoms. The van der Waals surface area contributed by atoms with Crippen LogP contribution in [0.3, 0.4) is 0 Å². The SMILES string of the molecule is CCC1CCCCN1C(=O)C(C)OC(=O)Cn1cnc2scc(-c3cccs3)c2c1=O. The molecule has 0 saturated carbocycles. The Kier molecular flexibility index (Phi) is 6.52.